The zero-order chi connectivity index (χ0) is 30.9. The van der Waals surface area contributed by atoms with E-state index >= 15 is 0 Å². The van der Waals surface area contributed by atoms with Gasteiger partial charge in [-0.15, -0.1) is 0 Å². The molecule has 4 atom stereocenters. The highest BCUT2D eigenvalue weighted by Gasteiger charge is 2.61. The average molecular weight is 588 g/mol. The minimum Gasteiger partial charge on any atom is -0.460 e. The van der Waals surface area contributed by atoms with E-state index in [9.17, 15) is 14.4 Å². The molecule has 1 aliphatic heterocycles. The molecule has 224 valence electrons. The average Bonchev–Trinajstić information content (AvgIpc) is 3.75. The maximum absolute atomic E-state index is 14.1. The van der Waals surface area contributed by atoms with Crippen LogP contribution in [0.5, 0.6) is 0 Å². The minimum absolute atomic E-state index is 0.0558. The Bertz CT molecular complexity index is 1470. The van der Waals surface area contributed by atoms with Crippen molar-refractivity contribution >= 4 is 17.8 Å². The van der Waals surface area contributed by atoms with Crippen LogP contribution in [0.1, 0.15) is 29.2 Å². The third-order valence-corrected chi connectivity index (χ3v) is 8.02. The normalized spacial score (nSPS) is 18.0. The Morgan fingerprint density at radius 3 is 1.77 bits per heavy atom. The first-order valence-corrected chi connectivity index (χ1v) is 14.8. The van der Waals surface area contributed by atoms with Crippen LogP contribution in [-0.2, 0) is 31.1 Å². The zero-order valence-electron chi connectivity index (χ0n) is 24.8. The van der Waals surface area contributed by atoms with Crippen molar-refractivity contribution in [2.24, 2.45) is 0 Å². The van der Waals surface area contributed by atoms with Crippen molar-refractivity contribution in [1.82, 2.24) is 15.5 Å². The first-order chi connectivity index (χ1) is 21.5. The van der Waals surface area contributed by atoms with E-state index in [0.29, 0.717) is 0 Å². The fourth-order valence-electron chi connectivity index (χ4n) is 6.00. The van der Waals surface area contributed by atoms with E-state index in [-0.39, 0.29) is 31.5 Å². The summed E-state index contributed by atoms with van der Waals surface area (Å²) in [5.74, 6) is -1.29. The van der Waals surface area contributed by atoms with E-state index in [4.69, 9.17) is 4.74 Å². The molecular formula is C37H37N3O4. The quantitative estimate of drug-likeness (QED) is 0.103. The topological polar surface area (TPSA) is 87.5 Å². The van der Waals surface area contributed by atoms with E-state index < -0.39 is 29.5 Å². The molecule has 0 bridgehead atoms. The van der Waals surface area contributed by atoms with E-state index in [1.54, 1.807) is 0 Å². The molecule has 7 nitrogen and oxygen atoms in total. The van der Waals surface area contributed by atoms with Crippen molar-refractivity contribution in [3.8, 4) is 0 Å². The number of benzene rings is 4. The summed E-state index contributed by atoms with van der Waals surface area (Å²) in [6, 6.07) is 38.5. The number of hydrogen-bond acceptors (Lipinski definition) is 5. The summed E-state index contributed by atoms with van der Waals surface area (Å²) in [5, 5.41) is 5.65. The molecule has 1 heterocycles. The molecule has 4 aromatic rings. The number of amides is 2. The van der Waals surface area contributed by atoms with Gasteiger partial charge in [-0.2, -0.15) is 0 Å². The van der Waals surface area contributed by atoms with Gasteiger partial charge in [0.05, 0.1) is 5.54 Å². The predicted molar refractivity (Wildman–Crippen MR) is 171 cm³/mol. The second-order valence-electron chi connectivity index (χ2n) is 10.8. The van der Waals surface area contributed by atoms with Crippen LogP contribution >= 0.6 is 0 Å². The van der Waals surface area contributed by atoms with E-state index in [1.165, 1.54) is 6.08 Å². The lowest BCUT2D eigenvalue weighted by atomic mass is 9.76. The Labute approximate surface area is 258 Å². The van der Waals surface area contributed by atoms with Crippen LogP contribution < -0.4 is 10.6 Å². The highest BCUT2D eigenvalue weighted by molar-refractivity contribution is 5.93. The first kappa shape index (κ1) is 30.4. The fourth-order valence-corrected chi connectivity index (χ4v) is 6.00. The molecule has 44 heavy (non-hydrogen) atoms. The van der Waals surface area contributed by atoms with Gasteiger partial charge < -0.3 is 15.4 Å². The van der Waals surface area contributed by atoms with Crippen LogP contribution in [-0.4, -0.2) is 54.0 Å². The van der Waals surface area contributed by atoms with Crippen molar-refractivity contribution in [2.75, 3.05) is 13.2 Å². The molecule has 1 fully saturated rings. The van der Waals surface area contributed by atoms with Crippen molar-refractivity contribution in [2.45, 2.75) is 37.0 Å². The zero-order valence-corrected chi connectivity index (χ0v) is 24.8. The second-order valence-corrected chi connectivity index (χ2v) is 10.8. The molecule has 5 rings (SSSR count). The molecule has 4 unspecified atom stereocenters. The molecule has 1 saturated heterocycles. The Hall–Kier alpha value is -5.01. The number of ether oxygens (including phenoxy) is 1. The molecule has 2 N–H and O–H groups in total. The SMILES string of the molecule is C=CCOC(=O)CNC(=O)C(Cc1ccccc1)NC(=O)C1C(C)N1C(c1ccccc1)(c1ccccc1)c1ccccc1. The number of carbonyl (C=O) groups excluding carboxylic acids is 3. The van der Waals surface area contributed by atoms with E-state index in [0.717, 1.165) is 22.3 Å². The fraction of sp³-hybridized carbons (Fsp3) is 0.216. The van der Waals surface area contributed by atoms with Gasteiger partial charge in [0, 0.05) is 12.5 Å². The molecule has 2 amide bonds. The van der Waals surface area contributed by atoms with Gasteiger partial charge in [0.2, 0.25) is 11.8 Å². The van der Waals surface area contributed by atoms with Crippen LogP contribution in [0.4, 0.5) is 0 Å². The second kappa shape index (κ2) is 14.0. The molecular weight excluding hydrogens is 550 g/mol. The number of esters is 1. The summed E-state index contributed by atoms with van der Waals surface area (Å²) in [6.45, 7) is 5.32. The lowest BCUT2D eigenvalue weighted by Crippen LogP contribution is -2.51. The van der Waals surface area contributed by atoms with Gasteiger partial charge in [0.25, 0.3) is 0 Å². The summed E-state index contributed by atoms with van der Waals surface area (Å²) >= 11 is 0. The van der Waals surface area contributed by atoms with Gasteiger partial charge in [-0.25, -0.2) is 0 Å². The summed E-state index contributed by atoms with van der Waals surface area (Å²) in [7, 11) is 0. The molecule has 0 spiro atoms. The molecule has 1 aliphatic rings. The van der Waals surface area contributed by atoms with E-state index in [2.05, 4.69) is 58.5 Å². The lowest BCUT2D eigenvalue weighted by Gasteiger charge is -2.38. The molecule has 0 radical (unpaired) electrons. The number of nitrogens with zero attached hydrogens (tertiary/aromatic N) is 1. The molecule has 4 aromatic carbocycles. The monoisotopic (exact) mass is 587 g/mol. The largest absolute Gasteiger partial charge is 0.460 e. The first-order valence-electron chi connectivity index (χ1n) is 14.8. The van der Waals surface area contributed by atoms with Crippen LogP contribution in [0.15, 0.2) is 134 Å². The molecule has 0 aliphatic carbocycles. The lowest BCUT2D eigenvalue weighted by molar-refractivity contribution is -0.143. The third kappa shape index (κ3) is 6.48. The van der Waals surface area contributed by atoms with Crippen LogP contribution in [0, 0.1) is 0 Å². The highest BCUT2D eigenvalue weighted by Crippen LogP contribution is 2.51. The minimum atomic E-state index is -0.897. The van der Waals surface area contributed by atoms with E-state index in [1.807, 2.05) is 91.9 Å². The van der Waals surface area contributed by atoms with Crippen molar-refractivity contribution in [1.29, 1.82) is 0 Å². The third-order valence-electron chi connectivity index (χ3n) is 8.02. The van der Waals surface area contributed by atoms with Crippen molar-refractivity contribution in [3.05, 3.63) is 156 Å². The summed E-state index contributed by atoms with van der Waals surface area (Å²) in [5.41, 5.74) is 3.25. The summed E-state index contributed by atoms with van der Waals surface area (Å²) < 4.78 is 4.99. The Morgan fingerprint density at radius 2 is 1.30 bits per heavy atom. The molecule has 0 saturated carbocycles. The van der Waals surface area contributed by atoms with Gasteiger partial charge in [-0.05, 0) is 29.2 Å². The number of carbonyl (C=O) groups is 3. The van der Waals surface area contributed by atoms with Crippen LogP contribution in [0.3, 0.4) is 0 Å². The molecule has 7 heteroatoms. The van der Waals surface area contributed by atoms with Gasteiger partial charge in [-0.3, -0.25) is 19.3 Å². The van der Waals surface area contributed by atoms with Crippen LogP contribution in [0.25, 0.3) is 0 Å². The van der Waals surface area contributed by atoms with Crippen LogP contribution in [0.2, 0.25) is 0 Å². The van der Waals surface area contributed by atoms with Crippen molar-refractivity contribution < 1.29 is 19.1 Å². The van der Waals surface area contributed by atoms with Gasteiger partial charge in [-0.1, -0.05) is 134 Å². The van der Waals surface area contributed by atoms with Gasteiger partial charge >= 0.3 is 5.97 Å². The smallest absolute Gasteiger partial charge is 0.325 e. The van der Waals surface area contributed by atoms with Crippen molar-refractivity contribution in [3.63, 3.8) is 0 Å². The van der Waals surface area contributed by atoms with Gasteiger partial charge in [0.15, 0.2) is 0 Å². The molecule has 0 aromatic heterocycles. The Kier molecular flexibility index (Phi) is 9.67. The predicted octanol–water partition coefficient (Wildman–Crippen LogP) is 4.62. The number of hydrogen-bond donors (Lipinski definition) is 2. The number of rotatable bonds is 13. The standard InChI is InChI=1S/C37H37N3O4/c1-3-24-44-33(41)26-38-35(42)32(25-28-16-8-4-9-17-28)39-36(43)34-27(2)40(34)37(29-18-10-5-11-19-29,30-20-12-6-13-21-30)31-22-14-7-15-23-31/h3-23,27,32,34H,1,24-26H2,2H3,(H,38,42)(H,39,43). The summed E-state index contributed by atoms with van der Waals surface area (Å²) in [4.78, 5) is 41.7. The highest BCUT2D eigenvalue weighted by atomic mass is 16.5. The van der Waals surface area contributed by atoms with Gasteiger partial charge in [0.1, 0.15) is 25.2 Å². The summed E-state index contributed by atoms with van der Waals surface area (Å²) in [6.07, 6.45) is 1.73. The number of nitrogens with one attached hydrogen (secondary N) is 2. The Balaban J connectivity index is 1.46. The maximum Gasteiger partial charge on any atom is 0.325 e. The Morgan fingerprint density at radius 1 is 0.818 bits per heavy atom. The maximum atomic E-state index is 14.1.